The van der Waals surface area contributed by atoms with Gasteiger partial charge < -0.3 is 10.0 Å². The molecule has 1 aromatic rings. The van der Waals surface area contributed by atoms with Gasteiger partial charge in [-0.3, -0.25) is 0 Å². The number of anilines is 1. The SMILES string of the molecule is CCN(CC(C)(C)O)c1c(F)c(F)c(F)c(F)c1F. The first-order chi connectivity index (χ1) is 8.60. The molecule has 0 fully saturated rings. The molecule has 0 aliphatic heterocycles. The third-order valence-electron chi connectivity index (χ3n) is 2.46. The molecule has 0 aromatic heterocycles. The van der Waals surface area contributed by atoms with Crippen LogP contribution < -0.4 is 4.90 Å². The van der Waals surface area contributed by atoms with Crippen LogP contribution in [0.25, 0.3) is 0 Å². The Morgan fingerprint density at radius 1 is 0.895 bits per heavy atom. The molecule has 1 N–H and O–H groups in total. The van der Waals surface area contributed by atoms with E-state index < -0.39 is 40.4 Å². The van der Waals surface area contributed by atoms with Gasteiger partial charge in [-0.2, -0.15) is 0 Å². The number of halogens is 5. The second-order valence-electron chi connectivity index (χ2n) is 4.75. The van der Waals surface area contributed by atoms with Crippen LogP contribution in [0.3, 0.4) is 0 Å². The van der Waals surface area contributed by atoms with Crippen LogP contribution in [0, 0.1) is 29.1 Å². The molecule has 0 unspecified atom stereocenters. The Kier molecular flexibility index (Phi) is 4.39. The molecule has 0 heterocycles. The van der Waals surface area contributed by atoms with Gasteiger partial charge in [-0.25, -0.2) is 22.0 Å². The topological polar surface area (TPSA) is 23.5 Å². The molecule has 0 bridgehead atoms. The van der Waals surface area contributed by atoms with E-state index in [2.05, 4.69) is 0 Å². The van der Waals surface area contributed by atoms with Crippen molar-refractivity contribution in [2.24, 2.45) is 0 Å². The lowest BCUT2D eigenvalue weighted by Gasteiger charge is -2.30. The average Bonchev–Trinajstić information content (AvgIpc) is 2.31. The highest BCUT2D eigenvalue weighted by Gasteiger charge is 2.30. The zero-order valence-corrected chi connectivity index (χ0v) is 10.7. The molecule has 1 rings (SSSR count). The highest BCUT2D eigenvalue weighted by Crippen LogP contribution is 2.30. The minimum Gasteiger partial charge on any atom is -0.389 e. The van der Waals surface area contributed by atoms with Crippen LogP contribution in [0.15, 0.2) is 0 Å². The lowest BCUT2D eigenvalue weighted by Crippen LogP contribution is -2.39. The van der Waals surface area contributed by atoms with Crippen LogP contribution >= 0.6 is 0 Å². The van der Waals surface area contributed by atoms with E-state index in [4.69, 9.17) is 0 Å². The van der Waals surface area contributed by atoms with E-state index in [1.165, 1.54) is 20.8 Å². The molecule has 19 heavy (non-hydrogen) atoms. The summed E-state index contributed by atoms with van der Waals surface area (Å²) in [6, 6.07) is 0. The van der Waals surface area contributed by atoms with Gasteiger partial charge in [0.2, 0.25) is 5.82 Å². The van der Waals surface area contributed by atoms with Crippen molar-refractivity contribution in [3.8, 4) is 0 Å². The minimum absolute atomic E-state index is 0.0255. The van der Waals surface area contributed by atoms with E-state index in [0.29, 0.717) is 0 Å². The lowest BCUT2D eigenvalue weighted by atomic mass is 10.1. The Morgan fingerprint density at radius 2 is 1.26 bits per heavy atom. The third kappa shape index (κ3) is 3.15. The first kappa shape index (κ1) is 15.7. The molecule has 0 saturated heterocycles. The van der Waals surface area contributed by atoms with E-state index in [1.807, 2.05) is 0 Å². The van der Waals surface area contributed by atoms with E-state index in [9.17, 15) is 27.1 Å². The van der Waals surface area contributed by atoms with Crippen molar-refractivity contribution in [1.82, 2.24) is 0 Å². The predicted octanol–water partition coefficient (Wildman–Crippen LogP) is 2.98. The number of rotatable bonds is 4. The number of nitrogens with zero attached hydrogens (tertiary/aromatic N) is 1. The van der Waals surface area contributed by atoms with Crippen molar-refractivity contribution in [3.63, 3.8) is 0 Å². The van der Waals surface area contributed by atoms with Crippen LogP contribution in [0.2, 0.25) is 0 Å². The fourth-order valence-corrected chi connectivity index (χ4v) is 1.69. The second kappa shape index (κ2) is 5.32. The van der Waals surface area contributed by atoms with E-state index in [-0.39, 0.29) is 13.1 Å². The Hall–Kier alpha value is -1.37. The summed E-state index contributed by atoms with van der Waals surface area (Å²) in [6.07, 6.45) is 0. The van der Waals surface area contributed by atoms with Crippen LogP contribution in [0.1, 0.15) is 20.8 Å². The molecule has 0 spiro atoms. The first-order valence-electron chi connectivity index (χ1n) is 5.59. The van der Waals surface area contributed by atoms with Crippen LogP contribution in [0.4, 0.5) is 27.6 Å². The summed E-state index contributed by atoms with van der Waals surface area (Å²) in [5.74, 6) is -9.99. The zero-order chi connectivity index (χ0) is 15.0. The van der Waals surface area contributed by atoms with Gasteiger partial charge in [-0.1, -0.05) is 0 Å². The highest BCUT2D eigenvalue weighted by molar-refractivity contribution is 5.50. The largest absolute Gasteiger partial charge is 0.389 e. The monoisotopic (exact) mass is 283 g/mol. The Bertz CT molecular complexity index is 455. The van der Waals surface area contributed by atoms with Crippen LogP contribution in [0.5, 0.6) is 0 Å². The van der Waals surface area contributed by atoms with E-state index >= 15 is 0 Å². The third-order valence-corrected chi connectivity index (χ3v) is 2.46. The highest BCUT2D eigenvalue weighted by atomic mass is 19.2. The van der Waals surface area contributed by atoms with Gasteiger partial charge in [0.1, 0.15) is 5.69 Å². The standard InChI is InChI=1S/C12H14F5NO/c1-4-18(5-12(2,3)19)11-9(16)7(14)6(13)8(15)10(11)17/h19H,4-5H2,1-3H3. The molecule has 0 aliphatic carbocycles. The normalized spacial score (nSPS) is 11.8. The second-order valence-corrected chi connectivity index (χ2v) is 4.75. The first-order valence-corrected chi connectivity index (χ1v) is 5.59. The van der Waals surface area contributed by atoms with E-state index in [1.54, 1.807) is 0 Å². The van der Waals surface area contributed by atoms with Gasteiger partial charge in [0, 0.05) is 13.1 Å². The van der Waals surface area contributed by atoms with Crippen molar-refractivity contribution in [2.45, 2.75) is 26.4 Å². The van der Waals surface area contributed by atoms with Gasteiger partial charge in [0.25, 0.3) is 0 Å². The van der Waals surface area contributed by atoms with E-state index in [0.717, 1.165) is 4.90 Å². The maximum absolute atomic E-state index is 13.6. The summed E-state index contributed by atoms with van der Waals surface area (Å²) < 4.78 is 66.2. The van der Waals surface area contributed by atoms with Gasteiger partial charge in [0.15, 0.2) is 23.3 Å². The molecular weight excluding hydrogens is 269 g/mol. The summed E-state index contributed by atoms with van der Waals surface area (Å²) >= 11 is 0. The minimum atomic E-state index is -2.20. The molecule has 0 radical (unpaired) electrons. The average molecular weight is 283 g/mol. The number of hydrogen-bond donors (Lipinski definition) is 1. The molecule has 1 aromatic carbocycles. The predicted molar refractivity (Wildman–Crippen MR) is 60.4 cm³/mol. The number of benzene rings is 1. The molecule has 0 amide bonds. The van der Waals surface area contributed by atoms with Crippen molar-refractivity contribution in [2.75, 3.05) is 18.0 Å². The molecule has 0 saturated carbocycles. The number of hydrogen-bond acceptors (Lipinski definition) is 2. The van der Waals surface area contributed by atoms with Crippen LogP contribution in [-0.4, -0.2) is 23.8 Å². The fourth-order valence-electron chi connectivity index (χ4n) is 1.69. The van der Waals surface area contributed by atoms with Crippen molar-refractivity contribution < 1.29 is 27.1 Å². The summed E-state index contributed by atoms with van der Waals surface area (Å²) in [4.78, 5) is 0.899. The number of likely N-dealkylation sites (N-methyl/N-ethyl adjacent to an activating group) is 1. The van der Waals surface area contributed by atoms with Crippen molar-refractivity contribution in [1.29, 1.82) is 0 Å². The van der Waals surface area contributed by atoms with Crippen molar-refractivity contribution >= 4 is 5.69 Å². The summed E-state index contributed by atoms with van der Waals surface area (Å²) in [5, 5.41) is 9.61. The molecule has 7 heteroatoms. The fraction of sp³-hybridized carbons (Fsp3) is 0.500. The lowest BCUT2D eigenvalue weighted by molar-refractivity contribution is 0.0872. The van der Waals surface area contributed by atoms with Crippen LogP contribution in [-0.2, 0) is 0 Å². The Morgan fingerprint density at radius 3 is 1.58 bits per heavy atom. The molecular formula is C12H14F5NO. The van der Waals surface area contributed by atoms with Gasteiger partial charge >= 0.3 is 0 Å². The number of aliphatic hydroxyl groups is 1. The summed E-state index contributed by atoms with van der Waals surface area (Å²) in [7, 11) is 0. The smallest absolute Gasteiger partial charge is 0.200 e. The molecule has 108 valence electrons. The Balaban J connectivity index is 3.40. The molecule has 0 atom stereocenters. The summed E-state index contributed by atoms with van der Waals surface area (Å²) in [5.41, 5.74) is -2.38. The van der Waals surface area contributed by atoms with Gasteiger partial charge in [0.05, 0.1) is 5.60 Å². The Labute approximate surface area is 107 Å². The van der Waals surface area contributed by atoms with Crippen molar-refractivity contribution in [3.05, 3.63) is 29.1 Å². The maximum atomic E-state index is 13.6. The quantitative estimate of drug-likeness (QED) is 0.521. The van der Waals surface area contributed by atoms with Gasteiger partial charge in [-0.15, -0.1) is 0 Å². The molecule has 2 nitrogen and oxygen atoms in total. The van der Waals surface area contributed by atoms with Gasteiger partial charge in [-0.05, 0) is 20.8 Å². The zero-order valence-electron chi connectivity index (χ0n) is 10.7. The maximum Gasteiger partial charge on any atom is 0.200 e. The summed E-state index contributed by atoms with van der Waals surface area (Å²) in [6.45, 7) is 3.90. The molecule has 0 aliphatic rings.